The number of methoxy groups -OCH3 is 1. The number of benzene rings is 1. The van der Waals surface area contributed by atoms with Crippen LogP contribution in [0.4, 0.5) is 9.59 Å². The normalized spacial score (nSPS) is 19.6. The number of hydrogen-bond acceptors (Lipinski definition) is 6. The summed E-state index contributed by atoms with van der Waals surface area (Å²) < 4.78 is 10.9. The summed E-state index contributed by atoms with van der Waals surface area (Å²) in [6.45, 7) is 4.27. The number of nitrogens with one attached hydrogen (secondary N) is 3. The average molecular weight is 623 g/mol. The summed E-state index contributed by atoms with van der Waals surface area (Å²) in [6, 6.07) is 6.80. The van der Waals surface area contributed by atoms with Crippen molar-refractivity contribution in [3.05, 3.63) is 34.9 Å². The first-order chi connectivity index (χ1) is 20.8. The van der Waals surface area contributed by atoms with Crippen molar-refractivity contribution >= 4 is 29.6 Å². The average Bonchev–Trinajstić information content (AvgIpc) is 3.01. The highest BCUT2D eigenvalue weighted by Crippen LogP contribution is 2.34. The van der Waals surface area contributed by atoms with Crippen LogP contribution in [0, 0.1) is 11.8 Å². The molecule has 10 nitrogen and oxygen atoms in total. The van der Waals surface area contributed by atoms with Gasteiger partial charge < -0.3 is 35.4 Å². The van der Waals surface area contributed by atoms with E-state index in [-0.39, 0.29) is 43.5 Å². The number of urea groups is 1. The largest absolute Gasteiger partial charge is 0.453 e. The van der Waals surface area contributed by atoms with Gasteiger partial charge >= 0.3 is 12.1 Å². The molecule has 1 saturated heterocycles. The molecule has 0 bridgehead atoms. The van der Waals surface area contributed by atoms with Crippen molar-refractivity contribution in [2.45, 2.75) is 95.8 Å². The minimum Gasteiger partial charge on any atom is -0.453 e. The first-order valence-corrected chi connectivity index (χ1v) is 16.4. The van der Waals surface area contributed by atoms with Gasteiger partial charge in [-0.05, 0) is 49.3 Å². The van der Waals surface area contributed by atoms with Crippen molar-refractivity contribution in [2.24, 2.45) is 11.8 Å². The van der Waals surface area contributed by atoms with E-state index in [1.165, 1.54) is 13.5 Å². The number of carbonyl (C=O) groups is 3. The quantitative estimate of drug-likeness (QED) is 0.200. The van der Waals surface area contributed by atoms with Crippen molar-refractivity contribution in [1.82, 2.24) is 20.9 Å². The fraction of sp³-hybridized carbons (Fsp3) is 0.719. The van der Waals surface area contributed by atoms with Crippen LogP contribution < -0.4 is 16.0 Å². The van der Waals surface area contributed by atoms with Crippen molar-refractivity contribution in [3.63, 3.8) is 0 Å². The summed E-state index contributed by atoms with van der Waals surface area (Å²) >= 11 is 6.31. The maximum Gasteiger partial charge on any atom is 0.406 e. The van der Waals surface area contributed by atoms with Crippen LogP contribution in [-0.4, -0.2) is 80.1 Å². The lowest BCUT2D eigenvalue weighted by atomic mass is 9.83. The summed E-state index contributed by atoms with van der Waals surface area (Å²) in [4.78, 5) is 39.4. The van der Waals surface area contributed by atoms with E-state index in [1.807, 2.05) is 24.3 Å². The van der Waals surface area contributed by atoms with Crippen molar-refractivity contribution in [2.75, 3.05) is 39.9 Å². The second-order valence-electron chi connectivity index (χ2n) is 11.9. The van der Waals surface area contributed by atoms with Crippen LogP contribution in [0.3, 0.4) is 0 Å². The molecule has 0 aromatic heterocycles. The van der Waals surface area contributed by atoms with Gasteiger partial charge in [-0.1, -0.05) is 69.2 Å². The van der Waals surface area contributed by atoms with Gasteiger partial charge in [0.1, 0.15) is 0 Å². The van der Waals surface area contributed by atoms with E-state index in [2.05, 4.69) is 27.6 Å². The number of unbranched alkanes of at least 4 members (excludes halogenated alkanes) is 1. The molecule has 2 fully saturated rings. The third-order valence-corrected chi connectivity index (χ3v) is 8.77. The zero-order valence-corrected chi connectivity index (χ0v) is 26.6. The van der Waals surface area contributed by atoms with Crippen LogP contribution in [0.25, 0.3) is 0 Å². The van der Waals surface area contributed by atoms with Crippen LogP contribution in [0.5, 0.6) is 0 Å². The first kappa shape index (κ1) is 34.9. The van der Waals surface area contributed by atoms with Gasteiger partial charge in [-0.25, -0.2) is 9.59 Å². The number of piperidine rings is 1. The molecule has 1 aromatic carbocycles. The highest BCUT2D eigenvalue weighted by atomic mass is 35.5. The van der Waals surface area contributed by atoms with E-state index >= 15 is 0 Å². The van der Waals surface area contributed by atoms with Gasteiger partial charge in [0, 0.05) is 37.1 Å². The van der Waals surface area contributed by atoms with E-state index in [9.17, 15) is 19.5 Å². The molecule has 242 valence electrons. The molecular weight excluding hydrogens is 572 g/mol. The Bertz CT molecular complexity index is 1010. The number of aliphatic hydroxyl groups is 1. The summed E-state index contributed by atoms with van der Waals surface area (Å²) in [5.74, 6) is 0.234. The highest BCUT2D eigenvalue weighted by molar-refractivity contribution is 6.30. The number of halogens is 1. The number of amides is 4. The lowest BCUT2D eigenvalue weighted by Gasteiger charge is -2.38. The monoisotopic (exact) mass is 622 g/mol. The summed E-state index contributed by atoms with van der Waals surface area (Å²) in [7, 11) is 1.31. The SMILES string of the molecule is CCCCNC(=O)C[C@H](O)[C@H](CC1CCCCC1)NC(=O)N1CCC[C@@H]([C@@H](OCCNC(=O)OC)c2cccc(Cl)c2)C1. The molecule has 0 radical (unpaired) electrons. The topological polar surface area (TPSA) is 129 Å². The Kier molecular flexibility index (Phi) is 15.4. The number of alkyl carbamates (subject to hydrolysis) is 1. The number of likely N-dealkylation sites (tertiary alicyclic amines) is 1. The molecule has 4 atom stereocenters. The van der Waals surface area contributed by atoms with Gasteiger partial charge in [-0.3, -0.25) is 4.79 Å². The van der Waals surface area contributed by atoms with E-state index in [0.717, 1.165) is 56.9 Å². The molecule has 4 amide bonds. The Balaban J connectivity index is 1.67. The number of rotatable bonds is 15. The van der Waals surface area contributed by atoms with Crippen molar-refractivity contribution in [1.29, 1.82) is 0 Å². The van der Waals surface area contributed by atoms with E-state index in [4.69, 9.17) is 16.3 Å². The molecule has 1 aliphatic carbocycles. The molecule has 0 unspecified atom stereocenters. The van der Waals surface area contributed by atoms with E-state index in [1.54, 1.807) is 4.90 Å². The Morgan fingerprint density at radius 3 is 2.60 bits per heavy atom. The Hall–Kier alpha value is -2.56. The predicted molar refractivity (Wildman–Crippen MR) is 167 cm³/mol. The fourth-order valence-corrected chi connectivity index (χ4v) is 6.39. The Morgan fingerprint density at radius 2 is 1.88 bits per heavy atom. The first-order valence-electron chi connectivity index (χ1n) is 16.0. The summed E-state index contributed by atoms with van der Waals surface area (Å²) in [6.07, 6.45) is 8.05. The lowest BCUT2D eigenvalue weighted by Crippen LogP contribution is -2.53. The number of ether oxygens (including phenoxy) is 2. The van der Waals surface area contributed by atoms with Crippen molar-refractivity contribution < 1.29 is 29.0 Å². The van der Waals surface area contributed by atoms with E-state index < -0.39 is 18.2 Å². The number of hydrogen-bond donors (Lipinski definition) is 4. The molecule has 1 saturated carbocycles. The van der Waals surface area contributed by atoms with Gasteiger partial charge in [0.15, 0.2) is 0 Å². The number of aliphatic hydroxyl groups excluding tert-OH is 1. The maximum atomic E-state index is 13.7. The maximum absolute atomic E-state index is 13.7. The molecule has 11 heteroatoms. The van der Waals surface area contributed by atoms with Crippen LogP contribution in [0.2, 0.25) is 5.02 Å². The molecule has 2 aliphatic rings. The number of nitrogens with zero attached hydrogens (tertiary/aromatic N) is 1. The smallest absolute Gasteiger partial charge is 0.406 e. The molecule has 4 N–H and O–H groups in total. The standard InChI is InChI=1S/C32H51ClN4O6/c1-3-4-15-34-29(39)21-28(38)27(19-23-10-6-5-7-11-23)36-31(40)37-17-9-13-25(22-37)30(24-12-8-14-26(33)20-24)43-18-16-35-32(41)42-2/h8,12,14,20,23,25,27-28,30,38H,3-7,9-11,13,15-19,21-22H2,1-2H3,(H,34,39)(H,35,41)(H,36,40)/t25-,27+,28+,30+/m1/s1. The van der Waals surface area contributed by atoms with Crippen LogP contribution in [-0.2, 0) is 14.3 Å². The van der Waals surface area contributed by atoms with E-state index in [0.29, 0.717) is 37.0 Å². The molecular formula is C32H51ClN4O6. The third-order valence-electron chi connectivity index (χ3n) is 8.54. The van der Waals surface area contributed by atoms with Gasteiger partial charge in [-0.2, -0.15) is 0 Å². The molecule has 0 spiro atoms. The Morgan fingerprint density at radius 1 is 1.09 bits per heavy atom. The fourth-order valence-electron chi connectivity index (χ4n) is 6.19. The van der Waals surface area contributed by atoms with Crippen molar-refractivity contribution in [3.8, 4) is 0 Å². The molecule has 3 rings (SSSR count). The zero-order chi connectivity index (χ0) is 31.0. The highest BCUT2D eigenvalue weighted by Gasteiger charge is 2.34. The van der Waals surface area contributed by atoms with Gasteiger partial charge in [0.05, 0.1) is 38.4 Å². The van der Waals surface area contributed by atoms with Crippen LogP contribution in [0.1, 0.15) is 89.2 Å². The summed E-state index contributed by atoms with van der Waals surface area (Å²) in [5.41, 5.74) is 0.914. The molecule has 43 heavy (non-hydrogen) atoms. The zero-order valence-electron chi connectivity index (χ0n) is 25.8. The molecule has 1 aliphatic heterocycles. The third kappa shape index (κ3) is 12.2. The second-order valence-corrected chi connectivity index (χ2v) is 12.3. The lowest BCUT2D eigenvalue weighted by molar-refractivity contribution is -0.123. The second kappa shape index (κ2) is 19.0. The number of carbonyl (C=O) groups excluding carboxylic acids is 3. The molecule has 1 aromatic rings. The molecule has 1 heterocycles. The predicted octanol–water partition coefficient (Wildman–Crippen LogP) is 5.18. The minimum absolute atomic E-state index is 0.00200. The van der Waals surface area contributed by atoms with Crippen LogP contribution >= 0.6 is 11.6 Å². The van der Waals surface area contributed by atoms with Crippen LogP contribution in [0.15, 0.2) is 24.3 Å². The van der Waals surface area contributed by atoms with Gasteiger partial charge in [0.25, 0.3) is 0 Å². The minimum atomic E-state index is -0.960. The van der Waals surface area contributed by atoms with Gasteiger partial charge in [-0.15, -0.1) is 0 Å². The van der Waals surface area contributed by atoms with Gasteiger partial charge in [0.2, 0.25) is 5.91 Å². The Labute approximate surface area is 261 Å². The summed E-state index contributed by atoms with van der Waals surface area (Å²) in [5, 5.41) is 20.4.